The van der Waals surface area contributed by atoms with E-state index in [4.69, 9.17) is 9.47 Å². The number of hydrogen-bond acceptors (Lipinski definition) is 4. The summed E-state index contributed by atoms with van der Waals surface area (Å²) in [7, 11) is 0. The lowest BCUT2D eigenvalue weighted by Gasteiger charge is -2.17. The van der Waals surface area contributed by atoms with E-state index in [0.29, 0.717) is 30.6 Å². The molecule has 2 heterocycles. The molecule has 1 N–H and O–H groups in total. The van der Waals surface area contributed by atoms with Gasteiger partial charge in [0.25, 0.3) is 0 Å². The van der Waals surface area contributed by atoms with Crippen LogP contribution in [0.4, 0.5) is 10.1 Å². The van der Waals surface area contributed by atoms with Crippen LogP contribution in [0.2, 0.25) is 0 Å². The van der Waals surface area contributed by atoms with Crippen LogP contribution in [-0.4, -0.2) is 28.9 Å². The van der Waals surface area contributed by atoms with E-state index in [0.717, 1.165) is 25.3 Å². The highest BCUT2D eigenvalue weighted by atomic mass is 19.1. The van der Waals surface area contributed by atoms with Crippen molar-refractivity contribution in [2.75, 3.05) is 18.5 Å². The Hall–Kier alpha value is -2.08. The summed E-state index contributed by atoms with van der Waals surface area (Å²) in [5.41, 5.74) is 0.631. The van der Waals surface area contributed by atoms with Crippen molar-refractivity contribution in [1.29, 1.82) is 0 Å². The lowest BCUT2D eigenvalue weighted by Crippen LogP contribution is -2.17. The zero-order valence-corrected chi connectivity index (χ0v) is 14.2. The van der Waals surface area contributed by atoms with Crippen LogP contribution in [0.3, 0.4) is 0 Å². The average molecular weight is 333 g/mol. The lowest BCUT2D eigenvalue weighted by molar-refractivity contribution is 0.0682. The second-order valence-electron chi connectivity index (χ2n) is 6.28. The molecule has 1 aliphatic rings. The number of rotatable bonds is 7. The van der Waals surface area contributed by atoms with Gasteiger partial charge in [-0.25, -0.2) is 9.37 Å². The van der Waals surface area contributed by atoms with Crippen LogP contribution in [0, 0.1) is 5.82 Å². The standard InChI is InChI=1S/C18H24FN3O2/c1-13(2)22-8-7-20-18(22)11-21-16-10-14(19)5-6-17(16)24-12-15-4-3-9-23-15/h5-8,10,13,15,21H,3-4,9,11-12H2,1-2H3/t15-/m0/s1. The summed E-state index contributed by atoms with van der Waals surface area (Å²) in [5, 5.41) is 3.24. The number of halogens is 1. The Bertz CT molecular complexity index is 666. The van der Waals surface area contributed by atoms with E-state index in [-0.39, 0.29) is 11.9 Å². The van der Waals surface area contributed by atoms with E-state index in [1.54, 1.807) is 12.3 Å². The summed E-state index contributed by atoms with van der Waals surface area (Å²) >= 11 is 0. The van der Waals surface area contributed by atoms with Gasteiger partial charge in [-0.15, -0.1) is 0 Å². The molecule has 24 heavy (non-hydrogen) atoms. The third-order valence-electron chi connectivity index (χ3n) is 4.13. The summed E-state index contributed by atoms with van der Waals surface area (Å²) in [4.78, 5) is 4.36. The molecule has 1 aliphatic heterocycles. The molecule has 0 spiro atoms. The molecule has 0 bridgehead atoms. The van der Waals surface area contributed by atoms with E-state index < -0.39 is 0 Å². The van der Waals surface area contributed by atoms with Gasteiger partial charge < -0.3 is 19.4 Å². The number of ether oxygens (including phenoxy) is 2. The van der Waals surface area contributed by atoms with E-state index in [1.807, 2.05) is 6.20 Å². The Labute approximate surface area is 141 Å². The topological polar surface area (TPSA) is 48.3 Å². The van der Waals surface area contributed by atoms with Gasteiger partial charge in [0.1, 0.15) is 24.0 Å². The van der Waals surface area contributed by atoms with Crippen LogP contribution in [0.25, 0.3) is 0 Å². The Morgan fingerprint density at radius 1 is 1.46 bits per heavy atom. The van der Waals surface area contributed by atoms with Crippen LogP contribution in [0.1, 0.15) is 38.6 Å². The van der Waals surface area contributed by atoms with Crippen molar-refractivity contribution >= 4 is 5.69 Å². The molecule has 0 saturated carbocycles. The quantitative estimate of drug-likeness (QED) is 0.838. The Morgan fingerprint density at radius 2 is 2.33 bits per heavy atom. The van der Waals surface area contributed by atoms with E-state index in [1.165, 1.54) is 12.1 Å². The smallest absolute Gasteiger partial charge is 0.142 e. The molecule has 5 nitrogen and oxygen atoms in total. The van der Waals surface area contributed by atoms with Gasteiger partial charge in [-0.3, -0.25) is 0 Å². The summed E-state index contributed by atoms with van der Waals surface area (Å²) in [5.74, 6) is 1.24. The molecule has 1 aromatic heterocycles. The van der Waals surface area contributed by atoms with Crippen LogP contribution in [0.5, 0.6) is 5.75 Å². The van der Waals surface area contributed by atoms with E-state index in [2.05, 4.69) is 28.7 Å². The molecule has 1 saturated heterocycles. The highest BCUT2D eigenvalue weighted by molar-refractivity contribution is 5.56. The molecule has 2 aromatic rings. The van der Waals surface area contributed by atoms with Crippen molar-refractivity contribution in [3.8, 4) is 5.75 Å². The number of imidazole rings is 1. The number of anilines is 1. The minimum absolute atomic E-state index is 0.128. The molecule has 1 fully saturated rings. The van der Waals surface area contributed by atoms with Gasteiger partial charge in [0.05, 0.1) is 18.3 Å². The number of benzene rings is 1. The highest BCUT2D eigenvalue weighted by Gasteiger charge is 2.17. The predicted molar refractivity (Wildman–Crippen MR) is 90.8 cm³/mol. The van der Waals surface area contributed by atoms with E-state index in [9.17, 15) is 4.39 Å². The summed E-state index contributed by atoms with van der Waals surface area (Å²) in [6.45, 7) is 5.99. The summed E-state index contributed by atoms with van der Waals surface area (Å²) < 4.78 is 27.1. The van der Waals surface area contributed by atoms with Gasteiger partial charge in [0.2, 0.25) is 0 Å². The molecular weight excluding hydrogens is 309 g/mol. The first-order valence-electron chi connectivity index (χ1n) is 8.43. The van der Waals surface area contributed by atoms with Crippen molar-refractivity contribution in [2.45, 2.75) is 45.4 Å². The van der Waals surface area contributed by atoms with E-state index >= 15 is 0 Å². The van der Waals surface area contributed by atoms with Crippen molar-refractivity contribution in [2.24, 2.45) is 0 Å². The molecule has 0 amide bonds. The minimum Gasteiger partial charge on any atom is -0.489 e. The zero-order chi connectivity index (χ0) is 16.9. The third kappa shape index (κ3) is 4.06. The Morgan fingerprint density at radius 3 is 3.08 bits per heavy atom. The second kappa shape index (κ2) is 7.66. The van der Waals surface area contributed by atoms with Crippen LogP contribution in [0.15, 0.2) is 30.6 Å². The number of aromatic nitrogens is 2. The van der Waals surface area contributed by atoms with Gasteiger partial charge in [-0.1, -0.05) is 0 Å². The lowest BCUT2D eigenvalue weighted by atomic mass is 10.2. The van der Waals surface area contributed by atoms with Crippen LogP contribution < -0.4 is 10.1 Å². The molecule has 6 heteroatoms. The summed E-state index contributed by atoms with van der Waals surface area (Å²) in [6.07, 6.45) is 5.93. The second-order valence-corrected chi connectivity index (χ2v) is 6.28. The highest BCUT2D eigenvalue weighted by Crippen LogP contribution is 2.27. The molecule has 3 rings (SSSR count). The first-order valence-corrected chi connectivity index (χ1v) is 8.43. The van der Waals surface area contributed by atoms with Crippen LogP contribution in [-0.2, 0) is 11.3 Å². The number of hydrogen-bond donors (Lipinski definition) is 1. The summed E-state index contributed by atoms with van der Waals surface area (Å²) in [6, 6.07) is 4.84. The van der Waals surface area contributed by atoms with Crippen molar-refractivity contribution in [3.63, 3.8) is 0 Å². The molecular formula is C18H24FN3O2. The predicted octanol–water partition coefficient (Wildman–Crippen LogP) is 3.77. The zero-order valence-electron chi connectivity index (χ0n) is 14.2. The molecule has 130 valence electrons. The van der Waals surface area contributed by atoms with Crippen LogP contribution >= 0.6 is 0 Å². The average Bonchev–Trinajstić information content (AvgIpc) is 3.23. The molecule has 0 radical (unpaired) electrons. The normalized spacial score (nSPS) is 17.4. The first-order chi connectivity index (χ1) is 11.6. The third-order valence-corrected chi connectivity index (χ3v) is 4.13. The van der Waals surface area contributed by atoms with Crippen molar-refractivity contribution in [3.05, 3.63) is 42.2 Å². The maximum absolute atomic E-state index is 13.6. The molecule has 0 aliphatic carbocycles. The monoisotopic (exact) mass is 333 g/mol. The fourth-order valence-corrected chi connectivity index (χ4v) is 2.85. The maximum atomic E-state index is 13.6. The van der Waals surface area contributed by atoms with Crippen molar-refractivity contribution < 1.29 is 13.9 Å². The maximum Gasteiger partial charge on any atom is 0.142 e. The van der Waals surface area contributed by atoms with Gasteiger partial charge in [-0.2, -0.15) is 0 Å². The first kappa shape index (κ1) is 16.8. The van der Waals surface area contributed by atoms with Crippen molar-refractivity contribution in [1.82, 2.24) is 9.55 Å². The van der Waals surface area contributed by atoms with Gasteiger partial charge in [0.15, 0.2) is 0 Å². The molecule has 0 unspecified atom stereocenters. The fraction of sp³-hybridized carbons (Fsp3) is 0.500. The van der Waals surface area contributed by atoms with Gasteiger partial charge in [-0.05, 0) is 38.8 Å². The number of nitrogens with one attached hydrogen (secondary N) is 1. The number of nitrogens with zero attached hydrogens (tertiary/aromatic N) is 2. The Balaban J connectivity index is 1.67. The molecule has 1 atom stereocenters. The fourth-order valence-electron chi connectivity index (χ4n) is 2.85. The van der Waals surface area contributed by atoms with Gasteiger partial charge >= 0.3 is 0 Å². The van der Waals surface area contributed by atoms with Gasteiger partial charge in [0, 0.05) is 31.1 Å². The largest absolute Gasteiger partial charge is 0.489 e. The molecule has 1 aromatic carbocycles. The Kier molecular flexibility index (Phi) is 5.35. The minimum atomic E-state index is -0.297. The SMILES string of the molecule is CC(C)n1ccnc1CNc1cc(F)ccc1OC[C@@H]1CCCO1.